The summed E-state index contributed by atoms with van der Waals surface area (Å²) in [6.45, 7) is 0. The van der Waals surface area contributed by atoms with E-state index in [1.54, 1.807) is 0 Å². The molecule has 0 fully saturated rings. The van der Waals surface area contributed by atoms with E-state index in [0.717, 1.165) is 0 Å². The predicted octanol–water partition coefficient (Wildman–Crippen LogP) is -2.61. The van der Waals surface area contributed by atoms with Crippen molar-refractivity contribution in [3.05, 3.63) is 0 Å². The summed E-state index contributed by atoms with van der Waals surface area (Å²) in [5.41, 5.74) is 0. The molecule has 6 heavy (non-hydrogen) atoms. The maximum Gasteiger partial charge on any atom is 0.668 e. The van der Waals surface area contributed by atoms with E-state index in [1.165, 1.54) is 0 Å². The minimum atomic E-state index is -4.61. The zero-order valence-corrected chi connectivity index (χ0v) is 4.59. The average Bonchev–Trinajstić information content (AvgIpc) is 0.722. The van der Waals surface area contributed by atoms with Gasteiger partial charge in [-0.2, -0.15) is 0 Å². The van der Waals surface area contributed by atoms with Gasteiger partial charge in [0, 0.05) is 16.5 Å². The normalized spacial score (nSPS) is 10.0. The maximum atomic E-state index is 7.33. The fourth-order valence-electron chi connectivity index (χ4n) is 0. The average molecular weight is 155 g/mol. The molecule has 0 spiro atoms. The van der Waals surface area contributed by atoms with E-state index >= 15 is 0 Å². The molecule has 0 amide bonds. The van der Waals surface area contributed by atoms with Crippen LogP contribution in [0.2, 0.25) is 0 Å². The summed E-state index contributed by atoms with van der Waals surface area (Å²) in [5.74, 6) is 0. The zero-order chi connectivity index (χ0) is 4.50. The third-order valence-corrected chi connectivity index (χ3v) is 0. The summed E-state index contributed by atoms with van der Waals surface area (Å²) >= 11 is 0. The Balaban J connectivity index is 0. The third kappa shape index (κ3) is 189. The van der Waals surface area contributed by atoms with Crippen molar-refractivity contribution in [3.63, 3.8) is 0 Å². The molecule has 0 aliphatic heterocycles. The molecule has 0 aromatic heterocycles. The first-order chi connectivity index (χ1) is 2.00. The van der Waals surface area contributed by atoms with Crippen molar-refractivity contribution < 1.29 is 35.7 Å². The smallest absolute Gasteiger partial charge is 0.368 e. The first-order valence-corrected chi connectivity index (χ1v) is 2.68. The van der Waals surface area contributed by atoms with E-state index in [-0.39, 0.29) is 16.5 Å². The molecule has 0 heterocycles. The number of hydrogen-bond acceptors (Lipinski definition) is 4. The van der Waals surface area contributed by atoms with Gasteiger partial charge in [-0.3, -0.25) is 0 Å². The van der Waals surface area contributed by atoms with Crippen molar-refractivity contribution in [2.75, 3.05) is 0 Å². The van der Waals surface area contributed by atoms with Gasteiger partial charge < -0.3 is 19.2 Å². The summed E-state index contributed by atoms with van der Waals surface area (Å²) in [7, 11) is -4.61. The quantitative estimate of drug-likeness (QED) is 0.289. The van der Waals surface area contributed by atoms with Crippen molar-refractivity contribution in [1.82, 2.24) is 0 Å². The van der Waals surface area contributed by atoms with E-state index < -0.39 is 9.05 Å². The molecule has 0 saturated carbocycles. The van der Waals surface area contributed by atoms with Crippen molar-refractivity contribution in [2.24, 2.45) is 0 Å². The number of hydrogen-bond donors (Lipinski definition) is 4. The van der Waals surface area contributed by atoms with Gasteiger partial charge in [0.2, 0.25) is 0 Å². The van der Waals surface area contributed by atoms with Crippen LogP contribution in [0.4, 0.5) is 0 Å². The van der Waals surface area contributed by atoms with E-state index in [1.807, 2.05) is 0 Å². The van der Waals surface area contributed by atoms with E-state index in [0.29, 0.717) is 0 Å². The molecule has 0 unspecified atom stereocenters. The first-order valence-electron chi connectivity index (χ1n) is 0.894. The SMILES string of the molecule is O[Si](O)(O)O.[Ni]. The van der Waals surface area contributed by atoms with E-state index in [4.69, 9.17) is 19.2 Å². The second kappa shape index (κ2) is 2.68. The van der Waals surface area contributed by atoms with Crippen LogP contribution in [0.25, 0.3) is 0 Å². The summed E-state index contributed by atoms with van der Waals surface area (Å²) in [5, 5.41) is 0. The molecule has 0 aromatic rings. The maximum absolute atomic E-state index is 7.33. The Morgan fingerprint density at radius 2 is 0.833 bits per heavy atom. The van der Waals surface area contributed by atoms with Crippen LogP contribution in [0.15, 0.2) is 0 Å². The standard InChI is InChI=1S/Ni.H4O4Si/c;1-5(2,3)4/h;1-4H. The van der Waals surface area contributed by atoms with Gasteiger partial charge >= 0.3 is 9.05 Å². The molecule has 0 aliphatic carbocycles. The van der Waals surface area contributed by atoms with Crippen molar-refractivity contribution >= 4 is 9.05 Å². The molecular weight excluding hydrogens is 151 g/mol. The van der Waals surface area contributed by atoms with Crippen LogP contribution in [0.3, 0.4) is 0 Å². The van der Waals surface area contributed by atoms with E-state index in [2.05, 4.69) is 0 Å². The Morgan fingerprint density at radius 1 is 0.833 bits per heavy atom. The van der Waals surface area contributed by atoms with Crippen LogP contribution in [0, 0.1) is 0 Å². The van der Waals surface area contributed by atoms with Crippen LogP contribution in [-0.4, -0.2) is 28.2 Å². The summed E-state index contributed by atoms with van der Waals surface area (Å²) in [4.78, 5) is 29.3. The molecule has 0 aliphatic rings. The molecule has 0 atom stereocenters. The summed E-state index contributed by atoms with van der Waals surface area (Å²) < 4.78 is 0. The van der Waals surface area contributed by atoms with Gasteiger partial charge in [0.15, 0.2) is 0 Å². The fourth-order valence-corrected chi connectivity index (χ4v) is 0. The summed E-state index contributed by atoms with van der Waals surface area (Å²) in [6, 6.07) is 0. The molecule has 0 radical (unpaired) electrons. The monoisotopic (exact) mass is 154 g/mol. The Labute approximate surface area is 45.5 Å². The summed E-state index contributed by atoms with van der Waals surface area (Å²) in [6.07, 6.45) is 0. The molecule has 4 N–H and O–H groups in total. The van der Waals surface area contributed by atoms with Crippen molar-refractivity contribution in [2.45, 2.75) is 0 Å². The predicted molar refractivity (Wildman–Crippen MR) is 14.6 cm³/mol. The first kappa shape index (κ1) is 9.75. The third-order valence-electron chi connectivity index (χ3n) is 0. The Kier molecular flexibility index (Phi) is 4.35. The molecule has 4 nitrogen and oxygen atoms in total. The molecule has 0 saturated heterocycles. The van der Waals surface area contributed by atoms with Gasteiger partial charge in [0.05, 0.1) is 0 Å². The van der Waals surface area contributed by atoms with Gasteiger partial charge in [-0.1, -0.05) is 0 Å². The fraction of sp³-hybridized carbons (Fsp3) is 0. The van der Waals surface area contributed by atoms with Crippen LogP contribution in [0.5, 0.6) is 0 Å². The molecule has 0 aromatic carbocycles. The zero-order valence-electron chi connectivity index (χ0n) is 2.61. The number of rotatable bonds is 0. The molecular formula is H4NiO4Si. The molecule has 42 valence electrons. The van der Waals surface area contributed by atoms with Gasteiger partial charge in [0.25, 0.3) is 0 Å². The molecule has 0 rings (SSSR count). The largest absolute Gasteiger partial charge is 0.668 e. The van der Waals surface area contributed by atoms with Gasteiger partial charge in [-0.05, 0) is 0 Å². The van der Waals surface area contributed by atoms with Crippen LogP contribution in [-0.2, 0) is 16.5 Å². The Hall–Kier alpha value is 0.550. The van der Waals surface area contributed by atoms with E-state index in [9.17, 15) is 0 Å². The van der Waals surface area contributed by atoms with Crippen molar-refractivity contribution in [1.29, 1.82) is 0 Å². The van der Waals surface area contributed by atoms with Crippen LogP contribution >= 0.6 is 0 Å². The van der Waals surface area contributed by atoms with Crippen LogP contribution in [0.1, 0.15) is 0 Å². The van der Waals surface area contributed by atoms with Gasteiger partial charge in [0.1, 0.15) is 0 Å². The second-order valence-electron chi connectivity index (χ2n) is 0.600. The van der Waals surface area contributed by atoms with Gasteiger partial charge in [-0.25, -0.2) is 0 Å². The minimum absolute atomic E-state index is 0. The van der Waals surface area contributed by atoms with Gasteiger partial charge in [-0.15, -0.1) is 0 Å². The Morgan fingerprint density at radius 3 is 0.833 bits per heavy atom. The Bertz CT molecular complexity index is 23.0. The molecule has 0 bridgehead atoms. The molecule has 6 heteroatoms. The van der Waals surface area contributed by atoms with Crippen molar-refractivity contribution in [3.8, 4) is 0 Å². The second-order valence-corrected chi connectivity index (χ2v) is 1.80. The minimum Gasteiger partial charge on any atom is -0.368 e. The topological polar surface area (TPSA) is 80.9 Å². The van der Waals surface area contributed by atoms with Crippen LogP contribution < -0.4 is 0 Å².